The van der Waals surface area contributed by atoms with Crippen LogP contribution in [0.3, 0.4) is 0 Å². The molecule has 0 bridgehead atoms. The number of rotatable bonds is 4. The van der Waals surface area contributed by atoms with Gasteiger partial charge in [-0.1, -0.05) is 121 Å². The standard InChI is InChI=1S/C41H27N3/c1-2-13-28(14-3-1)29-19-12-20-34(41(29)44-38-23-10-4-15-30(38)31-16-5-11-24-39(31)44)32-17-6-8-21-36(32)43-37-22-9-7-18-33(37)35-27-42-26-25-40(35)43/h1-27H. The van der Waals surface area contributed by atoms with E-state index in [-0.39, 0.29) is 0 Å². The van der Waals surface area contributed by atoms with Crippen LogP contribution in [0.1, 0.15) is 0 Å². The highest BCUT2D eigenvalue weighted by molar-refractivity contribution is 6.12. The van der Waals surface area contributed by atoms with Crippen molar-refractivity contribution in [3.05, 3.63) is 164 Å². The van der Waals surface area contributed by atoms with E-state index in [2.05, 4.69) is 166 Å². The summed E-state index contributed by atoms with van der Waals surface area (Å²) < 4.78 is 4.86. The molecule has 3 heteroatoms. The van der Waals surface area contributed by atoms with Crippen LogP contribution in [0.15, 0.2) is 164 Å². The summed E-state index contributed by atoms with van der Waals surface area (Å²) >= 11 is 0. The quantitative estimate of drug-likeness (QED) is 0.210. The third kappa shape index (κ3) is 3.60. The summed E-state index contributed by atoms with van der Waals surface area (Å²) in [4.78, 5) is 4.48. The van der Waals surface area contributed by atoms with Gasteiger partial charge >= 0.3 is 0 Å². The smallest absolute Gasteiger partial charge is 0.0619 e. The summed E-state index contributed by atoms with van der Waals surface area (Å²) in [6, 6.07) is 54.5. The van der Waals surface area contributed by atoms with E-state index in [0.29, 0.717) is 0 Å². The van der Waals surface area contributed by atoms with Gasteiger partial charge < -0.3 is 9.13 Å². The third-order valence-corrected chi connectivity index (χ3v) is 8.83. The minimum atomic E-state index is 1.14. The van der Waals surface area contributed by atoms with Crippen molar-refractivity contribution in [2.24, 2.45) is 0 Å². The fourth-order valence-corrected chi connectivity index (χ4v) is 6.99. The van der Waals surface area contributed by atoms with Gasteiger partial charge in [0.25, 0.3) is 0 Å². The zero-order valence-corrected chi connectivity index (χ0v) is 23.9. The predicted octanol–water partition coefficient (Wildman–Crippen LogP) is 10.6. The van der Waals surface area contributed by atoms with Crippen molar-refractivity contribution in [1.29, 1.82) is 0 Å². The van der Waals surface area contributed by atoms with Gasteiger partial charge in [0.1, 0.15) is 0 Å². The van der Waals surface area contributed by atoms with Crippen LogP contribution in [0.4, 0.5) is 0 Å². The van der Waals surface area contributed by atoms with Crippen LogP contribution in [0.5, 0.6) is 0 Å². The first-order valence-electron chi connectivity index (χ1n) is 15.0. The topological polar surface area (TPSA) is 22.8 Å². The van der Waals surface area contributed by atoms with Gasteiger partial charge in [-0.15, -0.1) is 0 Å². The van der Waals surface area contributed by atoms with Crippen LogP contribution in [0, 0.1) is 0 Å². The number of hydrogen-bond donors (Lipinski definition) is 0. The zero-order chi connectivity index (χ0) is 29.0. The van der Waals surface area contributed by atoms with Gasteiger partial charge in [0, 0.05) is 50.6 Å². The van der Waals surface area contributed by atoms with Crippen LogP contribution in [-0.4, -0.2) is 14.1 Å². The maximum Gasteiger partial charge on any atom is 0.0619 e. The normalized spacial score (nSPS) is 11.6. The lowest BCUT2D eigenvalue weighted by Crippen LogP contribution is -2.03. The Bertz CT molecular complexity index is 2390. The van der Waals surface area contributed by atoms with Gasteiger partial charge in [0.05, 0.1) is 33.4 Å². The second-order valence-electron chi connectivity index (χ2n) is 11.2. The molecule has 44 heavy (non-hydrogen) atoms. The van der Waals surface area contributed by atoms with Crippen molar-refractivity contribution in [3.8, 4) is 33.6 Å². The van der Waals surface area contributed by atoms with E-state index in [4.69, 9.17) is 0 Å². The third-order valence-electron chi connectivity index (χ3n) is 8.83. The number of benzene rings is 6. The second-order valence-corrected chi connectivity index (χ2v) is 11.2. The average Bonchev–Trinajstić information content (AvgIpc) is 3.61. The molecule has 0 aliphatic heterocycles. The van der Waals surface area contributed by atoms with E-state index in [1.807, 2.05) is 12.4 Å². The number of pyridine rings is 1. The number of aromatic nitrogens is 3. The van der Waals surface area contributed by atoms with Crippen LogP contribution in [0.2, 0.25) is 0 Å². The second kappa shape index (κ2) is 9.82. The Morgan fingerprint density at radius 2 is 0.886 bits per heavy atom. The zero-order valence-electron chi connectivity index (χ0n) is 23.9. The SMILES string of the molecule is c1ccc(-c2cccc(-c3ccccc3-n3c4ccccc4c4cnccc43)c2-n2c3ccccc3c3ccccc32)cc1. The number of hydrogen-bond acceptors (Lipinski definition) is 1. The fourth-order valence-electron chi connectivity index (χ4n) is 6.99. The molecule has 206 valence electrons. The molecule has 0 amide bonds. The predicted molar refractivity (Wildman–Crippen MR) is 184 cm³/mol. The first-order valence-corrected chi connectivity index (χ1v) is 15.0. The molecule has 0 fully saturated rings. The Morgan fingerprint density at radius 3 is 1.61 bits per heavy atom. The number of fused-ring (bicyclic) bond motifs is 6. The lowest BCUT2D eigenvalue weighted by atomic mass is 9.94. The van der Waals surface area contributed by atoms with E-state index in [1.165, 1.54) is 60.6 Å². The Balaban J connectivity index is 1.44. The molecule has 9 aromatic rings. The highest BCUT2D eigenvalue weighted by Crippen LogP contribution is 2.43. The van der Waals surface area contributed by atoms with E-state index >= 15 is 0 Å². The number of nitrogens with zero attached hydrogens (tertiary/aromatic N) is 3. The lowest BCUT2D eigenvalue weighted by molar-refractivity contribution is 1.16. The van der Waals surface area contributed by atoms with Crippen LogP contribution < -0.4 is 0 Å². The molecule has 0 aliphatic rings. The summed E-state index contributed by atoms with van der Waals surface area (Å²) in [6.07, 6.45) is 3.87. The average molecular weight is 562 g/mol. The Kier molecular flexibility index (Phi) is 5.50. The van der Waals surface area contributed by atoms with Crippen molar-refractivity contribution in [3.63, 3.8) is 0 Å². The van der Waals surface area contributed by atoms with E-state index in [0.717, 1.165) is 16.6 Å². The van der Waals surface area contributed by atoms with Crippen molar-refractivity contribution in [1.82, 2.24) is 14.1 Å². The maximum atomic E-state index is 4.48. The van der Waals surface area contributed by atoms with Crippen LogP contribution >= 0.6 is 0 Å². The van der Waals surface area contributed by atoms with Crippen molar-refractivity contribution >= 4 is 43.6 Å². The van der Waals surface area contributed by atoms with E-state index in [1.54, 1.807) is 0 Å². The Morgan fingerprint density at radius 1 is 0.364 bits per heavy atom. The highest BCUT2D eigenvalue weighted by atomic mass is 15.0. The molecule has 3 aromatic heterocycles. The van der Waals surface area contributed by atoms with E-state index in [9.17, 15) is 0 Å². The molecule has 0 saturated carbocycles. The van der Waals surface area contributed by atoms with Crippen LogP contribution in [0.25, 0.3) is 77.2 Å². The van der Waals surface area contributed by atoms with Gasteiger partial charge in [0.2, 0.25) is 0 Å². The molecule has 0 atom stereocenters. The summed E-state index contributed by atoms with van der Waals surface area (Å²) in [5.41, 5.74) is 11.7. The van der Waals surface area contributed by atoms with E-state index < -0.39 is 0 Å². The molecule has 0 aliphatic carbocycles. The largest absolute Gasteiger partial charge is 0.309 e. The lowest BCUT2D eigenvalue weighted by Gasteiger charge is -2.21. The molecule has 0 spiro atoms. The first-order chi connectivity index (χ1) is 21.9. The van der Waals surface area contributed by atoms with Gasteiger partial charge in [0.15, 0.2) is 0 Å². The molecule has 9 rings (SSSR count). The minimum Gasteiger partial charge on any atom is -0.309 e. The van der Waals surface area contributed by atoms with Gasteiger partial charge in [-0.3, -0.25) is 4.98 Å². The first kappa shape index (κ1) is 24.6. The molecular formula is C41H27N3. The minimum absolute atomic E-state index is 1.14. The molecule has 0 unspecified atom stereocenters. The summed E-state index contributed by atoms with van der Waals surface area (Å²) in [6.45, 7) is 0. The molecular weight excluding hydrogens is 534 g/mol. The van der Waals surface area contributed by atoms with Gasteiger partial charge in [-0.25, -0.2) is 0 Å². The monoisotopic (exact) mass is 561 g/mol. The van der Waals surface area contributed by atoms with Crippen molar-refractivity contribution in [2.45, 2.75) is 0 Å². The molecule has 0 radical (unpaired) electrons. The summed E-state index contributed by atoms with van der Waals surface area (Å²) in [7, 11) is 0. The van der Waals surface area contributed by atoms with Gasteiger partial charge in [-0.05, 0) is 35.9 Å². The Hall–Kier alpha value is -5.93. The highest BCUT2D eigenvalue weighted by Gasteiger charge is 2.22. The molecule has 3 nitrogen and oxygen atoms in total. The molecule has 3 heterocycles. The fraction of sp³-hybridized carbons (Fsp3) is 0. The summed E-state index contributed by atoms with van der Waals surface area (Å²) in [5, 5.41) is 4.85. The number of para-hydroxylation sites is 5. The van der Waals surface area contributed by atoms with Crippen molar-refractivity contribution in [2.75, 3.05) is 0 Å². The van der Waals surface area contributed by atoms with Crippen LogP contribution in [-0.2, 0) is 0 Å². The molecule has 6 aromatic carbocycles. The Labute approximate surface area is 254 Å². The van der Waals surface area contributed by atoms with Gasteiger partial charge in [-0.2, -0.15) is 0 Å². The summed E-state index contributed by atoms with van der Waals surface area (Å²) in [5.74, 6) is 0. The van der Waals surface area contributed by atoms with Crippen molar-refractivity contribution < 1.29 is 0 Å². The molecule has 0 N–H and O–H groups in total. The molecule has 0 saturated heterocycles. The maximum absolute atomic E-state index is 4.48.